The van der Waals surface area contributed by atoms with E-state index in [2.05, 4.69) is 14.1 Å². The van der Waals surface area contributed by atoms with E-state index >= 15 is 0 Å². The third-order valence-electron chi connectivity index (χ3n) is 3.03. The molecule has 2 aromatic rings. The molecule has 0 bridgehead atoms. The first-order valence-corrected chi connectivity index (χ1v) is 8.88. The van der Waals surface area contributed by atoms with E-state index in [0.29, 0.717) is 5.88 Å². The van der Waals surface area contributed by atoms with E-state index in [4.69, 9.17) is 4.74 Å². The Kier molecular flexibility index (Phi) is 5.44. The molecule has 0 fully saturated rings. The zero-order valence-electron chi connectivity index (χ0n) is 13.4. The predicted molar refractivity (Wildman–Crippen MR) is 91.3 cm³/mol. The summed E-state index contributed by atoms with van der Waals surface area (Å²) >= 11 is 0.301. The van der Waals surface area contributed by atoms with Crippen LogP contribution in [0.25, 0.3) is 11.3 Å². The number of hydrogen-bond acceptors (Lipinski definition) is 6. The van der Waals surface area contributed by atoms with Crippen LogP contribution in [0, 0.1) is 0 Å². The highest BCUT2D eigenvalue weighted by atomic mass is 32.2. The van der Waals surface area contributed by atoms with Gasteiger partial charge in [0.25, 0.3) is 0 Å². The van der Waals surface area contributed by atoms with Crippen LogP contribution in [0.4, 0.5) is 0 Å². The fourth-order valence-corrected chi connectivity index (χ4v) is 3.32. The molecule has 2 heterocycles. The molecule has 1 N–H and O–H groups in total. The quantitative estimate of drug-likeness (QED) is 0.846. The molecule has 0 aliphatic carbocycles. The molecule has 2 rings (SSSR count). The second-order valence-corrected chi connectivity index (χ2v) is 8.76. The molecule has 0 spiro atoms. The molecule has 0 aliphatic rings. The lowest BCUT2D eigenvalue weighted by molar-refractivity contribution is 0.398. The summed E-state index contributed by atoms with van der Waals surface area (Å²) in [7, 11) is 1.59. The van der Waals surface area contributed by atoms with E-state index in [9.17, 15) is 4.55 Å². The van der Waals surface area contributed by atoms with E-state index in [1.165, 1.54) is 11.5 Å². The highest BCUT2D eigenvalue weighted by molar-refractivity contribution is 7.90. The van der Waals surface area contributed by atoms with E-state index in [1.807, 2.05) is 45.9 Å². The summed E-state index contributed by atoms with van der Waals surface area (Å²) in [5.74, 6) is 0.562. The van der Waals surface area contributed by atoms with Gasteiger partial charge < -0.3 is 9.29 Å². The molecule has 0 aliphatic heterocycles. The van der Waals surface area contributed by atoms with Crippen LogP contribution in [-0.2, 0) is 11.4 Å². The van der Waals surface area contributed by atoms with Crippen molar-refractivity contribution >= 4 is 22.9 Å². The maximum absolute atomic E-state index is 12.2. The summed E-state index contributed by atoms with van der Waals surface area (Å²) in [5.41, 5.74) is 1.83. The van der Waals surface area contributed by atoms with Gasteiger partial charge in [-0.1, -0.05) is 0 Å². The molecule has 5 nitrogen and oxygen atoms in total. The van der Waals surface area contributed by atoms with Crippen molar-refractivity contribution < 1.29 is 9.29 Å². The third kappa shape index (κ3) is 4.19. The third-order valence-corrected chi connectivity index (χ3v) is 5.69. The summed E-state index contributed by atoms with van der Waals surface area (Å²) in [6.07, 6.45) is 1.70. The highest BCUT2D eigenvalue weighted by Crippen LogP contribution is 2.28. The van der Waals surface area contributed by atoms with E-state index in [1.54, 1.807) is 13.3 Å². The smallest absolute Gasteiger partial charge is 0.213 e. The second kappa shape index (κ2) is 6.95. The number of nitrogens with zero attached hydrogens (tertiary/aromatic N) is 2. The van der Waals surface area contributed by atoms with Gasteiger partial charge in [0.1, 0.15) is 4.75 Å². The summed E-state index contributed by atoms with van der Waals surface area (Å²) in [6, 6.07) is 5.74. The van der Waals surface area contributed by atoms with Gasteiger partial charge in [-0.2, -0.15) is 4.37 Å². The topological polar surface area (TPSA) is 70.1 Å². The van der Waals surface area contributed by atoms with Gasteiger partial charge in [-0.3, -0.25) is 0 Å². The van der Waals surface area contributed by atoms with Gasteiger partial charge in [0, 0.05) is 34.1 Å². The molecule has 22 heavy (non-hydrogen) atoms. The lowest BCUT2D eigenvalue weighted by Crippen LogP contribution is -2.40. The van der Waals surface area contributed by atoms with Crippen LogP contribution >= 0.6 is 11.5 Å². The monoisotopic (exact) mass is 339 g/mol. The Bertz CT molecular complexity index is 625. The van der Waals surface area contributed by atoms with Crippen molar-refractivity contribution in [1.29, 1.82) is 0 Å². The van der Waals surface area contributed by atoms with Crippen molar-refractivity contribution in [3.8, 4) is 17.1 Å². The lowest BCUT2D eigenvalue weighted by Gasteiger charge is -2.25. The van der Waals surface area contributed by atoms with Gasteiger partial charge in [0.05, 0.1) is 18.8 Å². The van der Waals surface area contributed by atoms with Crippen molar-refractivity contribution in [2.45, 2.75) is 38.5 Å². The Hall–Kier alpha value is -1.15. The van der Waals surface area contributed by atoms with E-state index < -0.39 is 11.4 Å². The van der Waals surface area contributed by atoms with Crippen LogP contribution in [0.1, 0.15) is 38.6 Å². The van der Waals surface area contributed by atoms with Gasteiger partial charge in [-0.15, -0.1) is 4.72 Å². The minimum absolute atomic E-state index is 0.0185. The van der Waals surface area contributed by atoms with Crippen LogP contribution in [0.3, 0.4) is 0 Å². The number of hydrogen-bond donors (Lipinski definition) is 1. The number of aromatic nitrogens is 2. The van der Waals surface area contributed by atoms with Gasteiger partial charge in [0.2, 0.25) is 5.88 Å². The Morgan fingerprint density at radius 1 is 1.36 bits per heavy atom. The molecule has 0 aromatic carbocycles. The zero-order valence-corrected chi connectivity index (χ0v) is 15.0. The summed E-state index contributed by atoms with van der Waals surface area (Å²) in [4.78, 5) is 5.14. The Labute approximate surface area is 138 Å². The predicted octanol–water partition coefficient (Wildman–Crippen LogP) is 3.33. The number of methoxy groups -OCH3 is 1. The van der Waals surface area contributed by atoms with Crippen LogP contribution in [0.2, 0.25) is 0 Å². The average molecular weight is 339 g/mol. The highest BCUT2D eigenvalue weighted by Gasteiger charge is 2.28. The fraction of sp³-hybridized carbons (Fsp3) is 0.467. The van der Waals surface area contributed by atoms with Gasteiger partial charge in [0.15, 0.2) is 0 Å². The molecular formula is C15H21N3O2S2. The van der Waals surface area contributed by atoms with Crippen molar-refractivity contribution in [1.82, 2.24) is 14.1 Å². The number of nitrogens with one attached hydrogen (secondary N) is 1. The molecule has 7 heteroatoms. The Morgan fingerprint density at radius 2 is 2.09 bits per heavy atom. The molecular weight excluding hydrogens is 318 g/mol. The van der Waals surface area contributed by atoms with Crippen molar-refractivity contribution in [3.63, 3.8) is 0 Å². The SMILES string of the molecule is COc1cc(-c2cc([C@H](C)N[S+]([O-])C(C)(C)C)sn2)ccn1. The minimum atomic E-state index is -1.11. The summed E-state index contributed by atoms with van der Waals surface area (Å²) in [6.45, 7) is 7.84. The van der Waals surface area contributed by atoms with Gasteiger partial charge in [-0.25, -0.2) is 4.98 Å². The molecule has 1 unspecified atom stereocenters. The molecule has 0 saturated carbocycles. The van der Waals surface area contributed by atoms with Gasteiger partial charge >= 0.3 is 0 Å². The molecule has 2 atom stereocenters. The standard InChI is InChI=1S/C15H21N3O2S2/c1-10(18-22(19)15(2,3)4)13-9-12(17-21-13)11-6-7-16-14(8-11)20-5/h6-10,18H,1-5H3/t10-,22?/m0/s1. The van der Waals surface area contributed by atoms with Crippen molar-refractivity contribution in [2.75, 3.05) is 7.11 Å². The van der Waals surface area contributed by atoms with Crippen molar-refractivity contribution in [2.24, 2.45) is 0 Å². The number of pyridine rings is 1. The minimum Gasteiger partial charge on any atom is -0.598 e. The molecule has 120 valence electrons. The van der Waals surface area contributed by atoms with Crippen LogP contribution < -0.4 is 9.46 Å². The first kappa shape index (κ1) is 17.2. The van der Waals surface area contributed by atoms with E-state index in [-0.39, 0.29) is 10.8 Å². The molecule has 0 saturated heterocycles. The van der Waals surface area contributed by atoms with Crippen molar-refractivity contribution in [3.05, 3.63) is 29.3 Å². The van der Waals surface area contributed by atoms with E-state index in [0.717, 1.165) is 16.1 Å². The first-order valence-electron chi connectivity index (χ1n) is 6.96. The summed E-state index contributed by atoms with van der Waals surface area (Å²) < 4.78 is 24.6. The maximum atomic E-state index is 12.2. The second-order valence-electron chi connectivity index (χ2n) is 5.92. The summed E-state index contributed by atoms with van der Waals surface area (Å²) in [5, 5.41) is 0. The van der Waals surface area contributed by atoms with Crippen LogP contribution in [0.15, 0.2) is 24.4 Å². The molecule has 2 aromatic heterocycles. The first-order chi connectivity index (χ1) is 10.3. The number of ether oxygens (including phenoxy) is 1. The normalized spacial score (nSPS) is 14.6. The fourth-order valence-electron chi connectivity index (χ4n) is 1.71. The number of rotatable bonds is 5. The van der Waals surface area contributed by atoms with Crippen LogP contribution in [-0.4, -0.2) is 25.8 Å². The maximum Gasteiger partial charge on any atom is 0.213 e. The van der Waals surface area contributed by atoms with Gasteiger partial charge in [-0.05, 0) is 51.4 Å². The molecule has 0 amide bonds. The average Bonchev–Trinajstić information content (AvgIpc) is 2.96. The Morgan fingerprint density at radius 3 is 2.73 bits per heavy atom. The zero-order chi connectivity index (χ0) is 16.3. The largest absolute Gasteiger partial charge is 0.598 e. The Balaban J connectivity index is 2.13. The molecule has 0 radical (unpaired) electrons. The lowest BCUT2D eigenvalue weighted by atomic mass is 10.1. The van der Waals surface area contributed by atoms with Crippen LogP contribution in [0.5, 0.6) is 5.88 Å².